The summed E-state index contributed by atoms with van der Waals surface area (Å²) in [5.41, 5.74) is 0. The number of hydrogen-bond acceptors (Lipinski definition) is 15. The van der Waals surface area contributed by atoms with Crippen LogP contribution >= 0.6 is 15.6 Å². The zero-order valence-electron chi connectivity index (χ0n) is 65.0. The first-order valence-electron chi connectivity index (χ1n) is 41.3. The minimum atomic E-state index is -4.96. The summed E-state index contributed by atoms with van der Waals surface area (Å²) >= 11 is 0. The summed E-state index contributed by atoms with van der Waals surface area (Å²) in [5, 5.41) is 10.6. The van der Waals surface area contributed by atoms with Crippen LogP contribution in [-0.2, 0) is 65.4 Å². The number of carbonyl (C=O) groups is 4. The molecule has 0 rings (SSSR count). The van der Waals surface area contributed by atoms with Gasteiger partial charge in [0.2, 0.25) is 0 Å². The summed E-state index contributed by atoms with van der Waals surface area (Å²) < 4.78 is 68.7. The summed E-state index contributed by atoms with van der Waals surface area (Å²) in [6.45, 7) is 11.9. The molecule has 0 amide bonds. The second-order valence-corrected chi connectivity index (χ2v) is 33.1. The lowest BCUT2D eigenvalue weighted by atomic mass is 10.0. The van der Waals surface area contributed by atoms with Crippen molar-refractivity contribution in [3.8, 4) is 0 Å². The molecule has 0 aromatic carbocycles. The minimum Gasteiger partial charge on any atom is -0.462 e. The van der Waals surface area contributed by atoms with E-state index < -0.39 is 97.5 Å². The molecule has 0 spiro atoms. The Morgan fingerprint density at radius 1 is 0.273 bits per heavy atom. The van der Waals surface area contributed by atoms with Crippen molar-refractivity contribution in [3.05, 3.63) is 0 Å². The van der Waals surface area contributed by atoms with Crippen molar-refractivity contribution in [3.63, 3.8) is 0 Å². The number of ether oxygens (including phenoxy) is 4. The molecule has 19 heteroatoms. The predicted molar refractivity (Wildman–Crippen MR) is 405 cm³/mol. The zero-order chi connectivity index (χ0) is 73.0. The summed E-state index contributed by atoms with van der Waals surface area (Å²) in [5.74, 6) is 0.171. The number of carbonyl (C=O) groups excluding carboxylic acids is 4. The third-order valence-corrected chi connectivity index (χ3v) is 20.5. The monoisotopic (exact) mass is 1450 g/mol. The van der Waals surface area contributed by atoms with E-state index in [0.717, 1.165) is 108 Å². The van der Waals surface area contributed by atoms with Gasteiger partial charge in [-0.2, -0.15) is 0 Å². The molecule has 2 unspecified atom stereocenters. The summed E-state index contributed by atoms with van der Waals surface area (Å²) in [6, 6.07) is 0. The highest BCUT2D eigenvalue weighted by molar-refractivity contribution is 7.47. The lowest BCUT2D eigenvalue weighted by Gasteiger charge is -2.21. The van der Waals surface area contributed by atoms with Gasteiger partial charge in [0.15, 0.2) is 12.2 Å². The lowest BCUT2D eigenvalue weighted by molar-refractivity contribution is -0.161. The normalized spacial score (nSPS) is 14.0. The zero-order valence-corrected chi connectivity index (χ0v) is 66.8. The predicted octanol–water partition coefficient (Wildman–Crippen LogP) is 23.7. The molecular formula is C80H156O17P2. The van der Waals surface area contributed by atoms with Gasteiger partial charge < -0.3 is 33.8 Å². The van der Waals surface area contributed by atoms with Crippen LogP contribution in [0.2, 0.25) is 0 Å². The van der Waals surface area contributed by atoms with Crippen molar-refractivity contribution in [1.82, 2.24) is 0 Å². The first-order valence-corrected chi connectivity index (χ1v) is 44.3. The maximum Gasteiger partial charge on any atom is 0.472 e. The lowest BCUT2D eigenvalue weighted by Crippen LogP contribution is -2.30. The standard InChI is InChI=1S/C80H156O17P2/c1-8-9-10-11-12-13-14-15-16-17-18-19-22-28-33-42-49-56-63-79(84)96-75(67-90-77(82)61-54-47-40-32-27-23-20-21-25-30-37-44-51-58-71(2)3)69-94-98(86,87)92-65-74(81)66-93-99(88,89)95-70-76(68-91-78(83)62-55-48-41-36-35-39-46-53-60-73(6)7)97-80(85)64-57-50-43-34-29-24-26-31-38-45-52-59-72(4)5/h71-76,81H,8-70H2,1-7H3,(H,86,87)(H,88,89)/t74-,75-,76-/m1/s1. The van der Waals surface area contributed by atoms with Crippen molar-refractivity contribution in [1.29, 1.82) is 0 Å². The molecule has 5 atom stereocenters. The first-order chi connectivity index (χ1) is 47.7. The SMILES string of the molecule is CCCCCCCCCCCCCCCCCCCCC(=O)O[C@H](COC(=O)CCCCCCCCCCCCCCCC(C)C)COP(=O)(O)OC[C@@H](O)COP(=O)(O)OC[C@@H](COC(=O)CCCCCCCCCCC(C)C)OC(=O)CCCCCCCCCCCCCC(C)C. The van der Waals surface area contributed by atoms with Gasteiger partial charge in [-0.1, -0.05) is 363 Å². The Balaban J connectivity index is 5.26. The molecule has 0 aliphatic carbocycles. The molecule has 3 N–H and O–H groups in total. The molecule has 0 saturated carbocycles. The van der Waals surface area contributed by atoms with Gasteiger partial charge in [0, 0.05) is 25.7 Å². The number of phosphoric acid groups is 2. The molecule has 588 valence electrons. The Hall–Kier alpha value is -1.94. The van der Waals surface area contributed by atoms with Gasteiger partial charge in [0.25, 0.3) is 0 Å². The fraction of sp³-hybridized carbons (Fsp3) is 0.950. The summed E-state index contributed by atoms with van der Waals surface area (Å²) in [6.07, 6.45) is 58.3. The molecule has 0 bridgehead atoms. The van der Waals surface area contributed by atoms with Crippen LogP contribution in [0.5, 0.6) is 0 Å². The molecule has 0 saturated heterocycles. The second kappa shape index (κ2) is 70.4. The fourth-order valence-electron chi connectivity index (χ4n) is 12.3. The van der Waals surface area contributed by atoms with Crippen molar-refractivity contribution >= 4 is 39.5 Å². The molecule has 0 aromatic heterocycles. The van der Waals surface area contributed by atoms with Crippen molar-refractivity contribution in [2.45, 2.75) is 433 Å². The molecule has 0 heterocycles. The largest absolute Gasteiger partial charge is 0.472 e. The Morgan fingerprint density at radius 3 is 0.687 bits per heavy atom. The number of aliphatic hydroxyl groups excluding tert-OH is 1. The van der Waals surface area contributed by atoms with Crippen LogP contribution in [0.3, 0.4) is 0 Å². The average Bonchev–Trinajstić information content (AvgIpc) is 1.05. The fourth-order valence-corrected chi connectivity index (χ4v) is 13.9. The Kier molecular flexibility index (Phi) is 69.0. The van der Waals surface area contributed by atoms with Gasteiger partial charge in [-0.3, -0.25) is 37.3 Å². The van der Waals surface area contributed by atoms with E-state index >= 15 is 0 Å². The number of hydrogen-bond donors (Lipinski definition) is 3. The van der Waals surface area contributed by atoms with E-state index in [-0.39, 0.29) is 25.7 Å². The third kappa shape index (κ3) is 74.1. The number of esters is 4. The van der Waals surface area contributed by atoms with Crippen LogP contribution in [0.4, 0.5) is 0 Å². The van der Waals surface area contributed by atoms with E-state index in [1.807, 2.05) is 0 Å². The average molecular weight is 1450 g/mol. The van der Waals surface area contributed by atoms with E-state index in [1.165, 1.54) is 225 Å². The second-order valence-electron chi connectivity index (χ2n) is 30.2. The molecule has 0 aromatic rings. The first kappa shape index (κ1) is 97.1. The highest BCUT2D eigenvalue weighted by Crippen LogP contribution is 2.45. The topological polar surface area (TPSA) is 237 Å². The smallest absolute Gasteiger partial charge is 0.462 e. The molecule has 0 fully saturated rings. The van der Waals surface area contributed by atoms with Gasteiger partial charge in [-0.15, -0.1) is 0 Å². The number of phosphoric ester groups is 2. The molecule has 99 heavy (non-hydrogen) atoms. The van der Waals surface area contributed by atoms with Gasteiger partial charge in [0.05, 0.1) is 26.4 Å². The van der Waals surface area contributed by atoms with Crippen LogP contribution in [0.15, 0.2) is 0 Å². The minimum absolute atomic E-state index is 0.106. The van der Waals surface area contributed by atoms with E-state index in [1.54, 1.807) is 0 Å². The van der Waals surface area contributed by atoms with E-state index in [0.29, 0.717) is 25.7 Å². The molecular weight excluding hydrogens is 1290 g/mol. The maximum atomic E-state index is 13.1. The third-order valence-electron chi connectivity index (χ3n) is 18.6. The van der Waals surface area contributed by atoms with Crippen LogP contribution in [0.1, 0.15) is 414 Å². The number of rotatable bonds is 78. The summed E-state index contributed by atoms with van der Waals surface area (Å²) in [4.78, 5) is 73.0. The van der Waals surface area contributed by atoms with Gasteiger partial charge in [-0.25, -0.2) is 9.13 Å². The highest BCUT2D eigenvalue weighted by atomic mass is 31.2. The quantitative estimate of drug-likeness (QED) is 0.0222. The molecule has 0 radical (unpaired) electrons. The van der Waals surface area contributed by atoms with Crippen LogP contribution in [0.25, 0.3) is 0 Å². The Labute approximate surface area is 607 Å². The summed E-state index contributed by atoms with van der Waals surface area (Å²) in [7, 11) is -9.92. The van der Waals surface area contributed by atoms with Crippen LogP contribution in [0, 0.1) is 17.8 Å². The Bertz CT molecular complexity index is 1920. The van der Waals surface area contributed by atoms with E-state index in [4.69, 9.17) is 37.0 Å². The van der Waals surface area contributed by atoms with Gasteiger partial charge in [-0.05, 0) is 43.4 Å². The van der Waals surface area contributed by atoms with E-state index in [2.05, 4.69) is 48.5 Å². The Morgan fingerprint density at radius 2 is 0.465 bits per heavy atom. The van der Waals surface area contributed by atoms with Gasteiger partial charge >= 0.3 is 39.5 Å². The molecule has 0 aliphatic rings. The number of unbranched alkanes of at least 4 members (excludes halogenated alkanes) is 46. The van der Waals surface area contributed by atoms with E-state index in [9.17, 15) is 43.2 Å². The molecule has 0 aliphatic heterocycles. The van der Waals surface area contributed by atoms with Crippen LogP contribution in [-0.4, -0.2) is 96.7 Å². The van der Waals surface area contributed by atoms with Crippen molar-refractivity contribution in [2.24, 2.45) is 17.8 Å². The molecule has 17 nitrogen and oxygen atoms in total. The van der Waals surface area contributed by atoms with Crippen molar-refractivity contribution < 1.29 is 80.2 Å². The highest BCUT2D eigenvalue weighted by Gasteiger charge is 2.30. The van der Waals surface area contributed by atoms with Crippen LogP contribution < -0.4 is 0 Å². The number of aliphatic hydroxyl groups is 1. The maximum absolute atomic E-state index is 13.1. The van der Waals surface area contributed by atoms with Crippen molar-refractivity contribution in [2.75, 3.05) is 39.6 Å². The van der Waals surface area contributed by atoms with Gasteiger partial charge in [0.1, 0.15) is 19.3 Å².